The normalized spacial score (nSPS) is 19.4. The molecule has 0 bridgehead atoms. The van der Waals surface area contributed by atoms with E-state index >= 15 is 0 Å². The number of halogens is 3. The van der Waals surface area contributed by atoms with E-state index in [1.165, 1.54) is 0 Å². The second kappa shape index (κ2) is 12.0. The zero-order chi connectivity index (χ0) is 26.5. The van der Waals surface area contributed by atoms with Gasteiger partial charge in [0.15, 0.2) is 6.19 Å². The molecule has 9 nitrogen and oxygen atoms in total. The molecule has 4 rings (SSSR count). The Morgan fingerprint density at radius 3 is 2.70 bits per heavy atom. The molecular formula is C25H26Cl3N7O2. The average Bonchev–Trinajstić information content (AvgIpc) is 3.58. The minimum atomic E-state index is -0.427. The highest BCUT2D eigenvalue weighted by atomic mass is 35.5. The van der Waals surface area contributed by atoms with Crippen LogP contribution in [0.25, 0.3) is 0 Å². The molecule has 2 atom stereocenters. The highest BCUT2D eigenvalue weighted by Gasteiger charge is 2.39. The minimum absolute atomic E-state index is 0.00202. The van der Waals surface area contributed by atoms with Crippen LogP contribution < -0.4 is 15.4 Å². The van der Waals surface area contributed by atoms with Crippen LogP contribution in [0.3, 0.4) is 0 Å². The first-order valence-electron chi connectivity index (χ1n) is 11.8. The Bertz CT molecular complexity index is 1270. The number of hydrogen-bond acceptors (Lipinski definition) is 6. The number of rotatable bonds is 6. The Morgan fingerprint density at radius 1 is 1.27 bits per heavy atom. The smallest absolute Gasteiger partial charge is 0.240 e. The number of hydrogen-bond donors (Lipinski definition) is 2. The van der Waals surface area contributed by atoms with Gasteiger partial charge >= 0.3 is 0 Å². The molecule has 0 radical (unpaired) electrons. The number of nitrogens with one attached hydrogen (secondary N) is 2. The van der Waals surface area contributed by atoms with E-state index in [0.717, 1.165) is 19.4 Å². The largest absolute Gasteiger partial charge is 0.497 e. The van der Waals surface area contributed by atoms with Crippen molar-refractivity contribution in [3.63, 3.8) is 0 Å². The molecular weight excluding hydrogens is 537 g/mol. The van der Waals surface area contributed by atoms with E-state index in [1.807, 2.05) is 19.2 Å². The number of likely N-dealkylation sites (N-methyl/N-ethyl adjacent to an activating group) is 1. The standard InChI is InChI=1S/C25H26Cl3N7O2/c1-3-34(24(36)20-5-4-10-30-20)22-13-35(33-23(22)15-6-8-17(26)19(28)11-15)25(31-14-29)32-21-12-16(37-2)7-9-18(21)27/h6-9,11-12,20,22,30H,3-5,10,13H2,1-2H3,(H,31,32)/t20-,22?/m1/s1. The molecule has 194 valence electrons. The van der Waals surface area contributed by atoms with Crippen molar-refractivity contribution in [3.05, 3.63) is 57.0 Å². The van der Waals surface area contributed by atoms with Crippen molar-refractivity contribution in [2.75, 3.05) is 26.7 Å². The van der Waals surface area contributed by atoms with E-state index in [0.29, 0.717) is 44.3 Å². The summed E-state index contributed by atoms with van der Waals surface area (Å²) in [5.74, 6) is 0.716. The third-order valence-corrected chi connectivity index (χ3v) is 7.31. The van der Waals surface area contributed by atoms with E-state index in [-0.39, 0.29) is 24.5 Å². The van der Waals surface area contributed by atoms with Crippen molar-refractivity contribution in [2.45, 2.75) is 31.8 Å². The summed E-state index contributed by atoms with van der Waals surface area (Å²) in [5, 5.41) is 22.9. The van der Waals surface area contributed by atoms with Crippen LogP contribution >= 0.6 is 34.8 Å². The van der Waals surface area contributed by atoms with Gasteiger partial charge in [-0.3, -0.25) is 10.1 Å². The molecule has 37 heavy (non-hydrogen) atoms. The van der Waals surface area contributed by atoms with Gasteiger partial charge in [-0.1, -0.05) is 40.9 Å². The van der Waals surface area contributed by atoms with E-state index in [9.17, 15) is 10.1 Å². The van der Waals surface area contributed by atoms with E-state index < -0.39 is 6.04 Å². The second-order valence-corrected chi connectivity index (χ2v) is 9.70. The summed E-state index contributed by atoms with van der Waals surface area (Å²) in [6.45, 7) is 3.47. The lowest BCUT2D eigenvalue weighted by Crippen LogP contribution is -2.53. The van der Waals surface area contributed by atoms with Crippen LogP contribution in [0.1, 0.15) is 25.3 Å². The lowest BCUT2D eigenvalue weighted by Gasteiger charge is -2.31. The van der Waals surface area contributed by atoms with Gasteiger partial charge in [-0.2, -0.15) is 10.4 Å². The van der Waals surface area contributed by atoms with Crippen molar-refractivity contribution in [2.24, 2.45) is 10.1 Å². The van der Waals surface area contributed by atoms with Gasteiger partial charge in [-0.15, -0.1) is 0 Å². The number of methoxy groups -OCH3 is 1. The molecule has 1 unspecified atom stereocenters. The predicted molar refractivity (Wildman–Crippen MR) is 146 cm³/mol. The number of amides is 1. The van der Waals surface area contributed by atoms with Gasteiger partial charge in [0.2, 0.25) is 11.9 Å². The fraction of sp³-hybridized carbons (Fsp3) is 0.360. The molecule has 1 fully saturated rings. The summed E-state index contributed by atoms with van der Waals surface area (Å²) in [4.78, 5) is 19.8. The van der Waals surface area contributed by atoms with Crippen LogP contribution in [0.4, 0.5) is 5.69 Å². The molecule has 1 amide bonds. The number of aliphatic imine (C=N–C) groups is 1. The molecule has 0 aliphatic carbocycles. The summed E-state index contributed by atoms with van der Waals surface area (Å²) in [7, 11) is 1.54. The third kappa shape index (κ3) is 5.94. The maximum absolute atomic E-state index is 13.5. The quantitative estimate of drug-likeness (QED) is 0.234. The van der Waals surface area contributed by atoms with Crippen LogP contribution in [0.15, 0.2) is 46.5 Å². The molecule has 2 aliphatic heterocycles. The highest BCUT2D eigenvalue weighted by Crippen LogP contribution is 2.31. The summed E-state index contributed by atoms with van der Waals surface area (Å²) < 4.78 is 5.28. The Morgan fingerprint density at radius 2 is 2.05 bits per heavy atom. The first kappa shape index (κ1) is 27.0. The summed E-state index contributed by atoms with van der Waals surface area (Å²) in [6.07, 6.45) is 3.64. The minimum Gasteiger partial charge on any atom is -0.497 e. The van der Waals surface area contributed by atoms with E-state index in [1.54, 1.807) is 47.4 Å². The summed E-state index contributed by atoms with van der Waals surface area (Å²) in [6, 6.07) is 9.58. The Labute approximate surface area is 230 Å². The SMILES string of the molecule is CCN(C(=O)[C@H]1CCCN1)C1CN(C(=Nc2cc(OC)ccc2Cl)NC#N)N=C1c1ccc(Cl)c(Cl)c1. The fourth-order valence-electron chi connectivity index (χ4n) is 4.42. The van der Waals surface area contributed by atoms with Crippen molar-refractivity contribution in [3.8, 4) is 11.9 Å². The number of carbonyl (C=O) groups excluding carboxylic acids is 1. The highest BCUT2D eigenvalue weighted by molar-refractivity contribution is 6.42. The van der Waals surface area contributed by atoms with Crippen molar-refractivity contribution < 1.29 is 9.53 Å². The number of hydrazone groups is 1. The number of nitriles is 1. The molecule has 2 heterocycles. The topological polar surface area (TPSA) is 105 Å². The maximum Gasteiger partial charge on any atom is 0.240 e. The van der Waals surface area contributed by atoms with Gasteiger partial charge in [-0.05, 0) is 50.6 Å². The zero-order valence-corrected chi connectivity index (χ0v) is 22.6. The van der Waals surface area contributed by atoms with Crippen LogP contribution in [0.5, 0.6) is 5.75 Å². The third-order valence-electron chi connectivity index (χ3n) is 6.26. The van der Waals surface area contributed by atoms with Gasteiger partial charge in [0.25, 0.3) is 0 Å². The lowest BCUT2D eigenvalue weighted by molar-refractivity contribution is -0.133. The van der Waals surface area contributed by atoms with Crippen LogP contribution in [0, 0.1) is 11.5 Å². The number of benzene rings is 2. The molecule has 0 aromatic heterocycles. The summed E-state index contributed by atoms with van der Waals surface area (Å²) >= 11 is 18.8. The maximum atomic E-state index is 13.5. The van der Waals surface area contributed by atoms with E-state index in [2.05, 4.69) is 15.6 Å². The van der Waals surface area contributed by atoms with Gasteiger partial charge in [0.1, 0.15) is 5.75 Å². The molecule has 1 saturated heterocycles. The fourth-order valence-corrected chi connectivity index (χ4v) is 4.88. The molecule has 2 N–H and O–H groups in total. The second-order valence-electron chi connectivity index (χ2n) is 8.47. The monoisotopic (exact) mass is 561 g/mol. The number of ether oxygens (including phenoxy) is 1. The first-order chi connectivity index (χ1) is 17.9. The van der Waals surface area contributed by atoms with Crippen LogP contribution in [0.2, 0.25) is 15.1 Å². The van der Waals surface area contributed by atoms with Gasteiger partial charge in [0.05, 0.1) is 52.2 Å². The number of carbonyl (C=O) groups is 1. The average molecular weight is 563 g/mol. The van der Waals surface area contributed by atoms with Crippen molar-refractivity contribution in [1.29, 1.82) is 5.26 Å². The van der Waals surface area contributed by atoms with Gasteiger partial charge < -0.3 is 15.0 Å². The Balaban J connectivity index is 1.76. The van der Waals surface area contributed by atoms with Gasteiger partial charge in [0, 0.05) is 18.2 Å². The number of guanidine groups is 1. The molecule has 2 aliphatic rings. The van der Waals surface area contributed by atoms with Crippen LogP contribution in [-0.2, 0) is 4.79 Å². The van der Waals surface area contributed by atoms with E-state index in [4.69, 9.17) is 44.6 Å². The zero-order valence-electron chi connectivity index (χ0n) is 20.3. The first-order valence-corrected chi connectivity index (χ1v) is 12.9. The summed E-state index contributed by atoms with van der Waals surface area (Å²) in [5.41, 5.74) is 1.71. The predicted octanol–water partition coefficient (Wildman–Crippen LogP) is 4.40. The van der Waals surface area contributed by atoms with Crippen molar-refractivity contribution in [1.82, 2.24) is 20.5 Å². The molecule has 2 aromatic rings. The van der Waals surface area contributed by atoms with Crippen LogP contribution in [-0.4, -0.2) is 66.3 Å². The van der Waals surface area contributed by atoms with Gasteiger partial charge in [-0.25, -0.2) is 10.0 Å². The number of nitrogens with zero attached hydrogens (tertiary/aromatic N) is 5. The Hall–Kier alpha value is -3.03. The molecule has 0 spiro atoms. The Kier molecular flexibility index (Phi) is 8.77. The van der Waals surface area contributed by atoms with Crippen molar-refractivity contribution >= 4 is 58.1 Å². The molecule has 12 heteroatoms. The lowest BCUT2D eigenvalue weighted by atomic mass is 10.0. The molecule has 0 saturated carbocycles. The molecule has 2 aromatic carbocycles.